The molecular formula is C66H41N3OS2. The molecule has 11 aromatic carbocycles. The molecule has 72 heavy (non-hydrogen) atoms. The van der Waals surface area contributed by atoms with Crippen LogP contribution in [0, 0.1) is 0 Å². The van der Waals surface area contributed by atoms with Crippen molar-refractivity contribution in [2.24, 2.45) is 0 Å². The summed E-state index contributed by atoms with van der Waals surface area (Å²) in [5.41, 5.74) is 13.9. The topological polar surface area (TPSA) is 24.6 Å². The van der Waals surface area contributed by atoms with Crippen molar-refractivity contribution in [1.82, 2.24) is 4.57 Å². The van der Waals surface area contributed by atoms with E-state index in [0.717, 1.165) is 61.8 Å². The van der Waals surface area contributed by atoms with Gasteiger partial charge in [-0.1, -0.05) is 133 Å². The lowest BCUT2D eigenvalue weighted by Gasteiger charge is -2.29. The molecule has 0 N–H and O–H groups in total. The van der Waals surface area contributed by atoms with Gasteiger partial charge in [-0.25, -0.2) is 0 Å². The van der Waals surface area contributed by atoms with Crippen LogP contribution < -0.4 is 9.80 Å². The molecule has 0 aliphatic heterocycles. The number of benzene rings is 11. The maximum atomic E-state index is 6.83. The minimum Gasteiger partial charge on any atom is -0.454 e. The largest absolute Gasteiger partial charge is 0.454 e. The number of aromatic nitrogens is 1. The Morgan fingerprint density at radius 2 is 0.861 bits per heavy atom. The van der Waals surface area contributed by atoms with Gasteiger partial charge in [0.1, 0.15) is 5.58 Å². The lowest BCUT2D eigenvalue weighted by atomic mass is 10.0. The highest BCUT2D eigenvalue weighted by Crippen LogP contribution is 2.48. The molecular weight excluding hydrogens is 915 g/mol. The van der Waals surface area contributed by atoms with Crippen LogP contribution in [-0.2, 0) is 0 Å². The fraction of sp³-hybridized carbons (Fsp3) is 0. The summed E-state index contributed by atoms with van der Waals surface area (Å²) in [5, 5.41) is 9.72. The van der Waals surface area contributed by atoms with E-state index in [1.165, 1.54) is 73.3 Å². The first kappa shape index (κ1) is 40.9. The Morgan fingerprint density at radius 1 is 0.306 bits per heavy atom. The SMILES string of the molecule is c1ccc(N(c2cccc(N(c3ccc4sc5ccc(-c6ccc7c8ccccc8n(-c8ccccc8)c7c6)cc5c4c3)c3cccc4c3oc3ccccc34)c2)c2ccc3c(c2)sc2ccccc23)cc1. The maximum Gasteiger partial charge on any atom is 0.159 e. The molecule has 0 fully saturated rings. The third-order valence-electron chi connectivity index (χ3n) is 14.3. The van der Waals surface area contributed by atoms with E-state index in [-0.39, 0.29) is 0 Å². The first-order valence-electron chi connectivity index (χ1n) is 24.3. The third-order valence-corrected chi connectivity index (χ3v) is 16.6. The number of para-hydroxylation sites is 5. The molecule has 15 rings (SSSR count). The van der Waals surface area contributed by atoms with Crippen molar-refractivity contribution < 1.29 is 4.42 Å². The summed E-state index contributed by atoms with van der Waals surface area (Å²) in [4.78, 5) is 4.76. The van der Waals surface area contributed by atoms with Crippen molar-refractivity contribution in [2.75, 3.05) is 9.80 Å². The summed E-state index contributed by atoms with van der Waals surface area (Å²) in [7, 11) is 0. The van der Waals surface area contributed by atoms with Gasteiger partial charge in [-0.15, -0.1) is 22.7 Å². The Hall–Kier alpha value is -8.94. The maximum absolute atomic E-state index is 6.83. The van der Waals surface area contributed by atoms with Crippen LogP contribution in [0.15, 0.2) is 253 Å². The van der Waals surface area contributed by atoms with Gasteiger partial charge in [0.15, 0.2) is 5.58 Å². The highest BCUT2D eigenvalue weighted by molar-refractivity contribution is 7.26. The predicted molar refractivity (Wildman–Crippen MR) is 309 cm³/mol. The average Bonchev–Trinajstić information content (AvgIpc) is 4.20. The van der Waals surface area contributed by atoms with E-state index in [1.807, 2.05) is 28.7 Å². The molecule has 0 amide bonds. The molecule has 15 aromatic rings. The van der Waals surface area contributed by atoms with Crippen LogP contribution in [0.5, 0.6) is 0 Å². The van der Waals surface area contributed by atoms with Gasteiger partial charge in [0.05, 0.1) is 16.7 Å². The van der Waals surface area contributed by atoms with Crippen molar-refractivity contribution in [2.45, 2.75) is 0 Å². The van der Waals surface area contributed by atoms with E-state index in [0.29, 0.717) is 0 Å². The zero-order chi connectivity index (χ0) is 47.3. The Morgan fingerprint density at radius 3 is 1.74 bits per heavy atom. The lowest BCUT2D eigenvalue weighted by Crippen LogP contribution is -2.13. The van der Waals surface area contributed by atoms with Crippen LogP contribution in [0.3, 0.4) is 0 Å². The minimum absolute atomic E-state index is 0.847. The standard InChI is InChI=1S/C66H41N3OS2/c1-3-15-44(16-4-1)67(49-31-34-54-53-23-9-12-28-62(53)72-65(54)41-49)46-19-13-20-47(39-46)68(59-26-14-24-55-52-22-8-11-27-61(52)70-66(55)59)48-32-36-64-57(40-48)56-37-42(30-35-63(56)71-64)43-29-33-51-50-21-7-10-25-58(50)69(60(51)38-43)45-17-5-2-6-18-45/h1-41H. The summed E-state index contributed by atoms with van der Waals surface area (Å²) in [5.74, 6) is 0. The lowest BCUT2D eigenvalue weighted by molar-refractivity contribution is 0.669. The molecule has 0 atom stereocenters. The fourth-order valence-electron chi connectivity index (χ4n) is 11.1. The zero-order valence-electron chi connectivity index (χ0n) is 38.7. The molecule has 338 valence electrons. The smallest absolute Gasteiger partial charge is 0.159 e. The van der Waals surface area contributed by atoms with Crippen LogP contribution in [0.1, 0.15) is 0 Å². The van der Waals surface area contributed by atoms with Gasteiger partial charge in [-0.05, 0) is 126 Å². The molecule has 4 nitrogen and oxygen atoms in total. The van der Waals surface area contributed by atoms with Gasteiger partial charge in [-0.2, -0.15) is 0 Å². The van der Waals surface area contributed by atoms with E-state index >= 15 is 0 Å². The summed E-state index contributed by atoms with van der Waals surface area (Å²) in [6, 6.07) is 90.5. The molecule has 0 aliphatic rings. The summed E-state index contributed by atoms with van der Waals surface area (Å²) in [6.07, 6.45) is 0. The van der Waals surface area contributed by atoms with E-state index in [1.54, 1.807) is 0 Å². The second kappa shape index (κ2) is 16.3. The summed E-state index contributed by atoms with van der Waals surface area (Å²) in [6.45, 7) is 0. The number of nitrogens with zero attached hydrogens (tertiary/aromatic N) is 3. The Kier molecular flexibility index (Phi) is 9.27. The number of anilines is 6. The second-order valence-corrected chi connectivity index (χ2v) is 20.6. The quantitative estimate of drug-likeness (QED) is 0.152. The van der Waals surface area contributed by atoms with E-state index in [9.17, 15) is 0 Å². The van der Waals surface area contributed by atoms with Crippen molar-refractivity contribution in [3.8, 4) is 16.8 Å². The first-order chi connectivity index (χ1) is 35.7. The number of thiophene rings is 2. The van der Waals surface area contributed by atoms with Gasteiger partial charge in [-0.3, -0.25) is 0 Å². The van der Waals surface area contributed by atoms with Crippen molar-refractivity contribution in [3.05, 3.63) is 249 Å². The molecule has 0 bridgehead atoms. The molecule has 0 radical (unpaired) electrons. The van der Waals surface area contributed by atoms with E-state index < -0.39 is 0 Å². The molecule has 0 saturated heterocycles. The highest BCUT2D eigenvalue weighted by Gasteiger charge is 2.23. The molecule has 0 aliphatic carbocycles. The molecule has 4 heterocycles. The van der Waals surface area contributed by atoms with Crippen LogP contribution in [0.4, 0.5) is 34.1 Å². The predicted octanol–water partition coefficient (Wildman–Crippen LogP) is 20.0. The van der Waals surface area contributed by atoms with Crippen LogP contribution in [0.25, 0.3) is 101 Å². The Bertz CT molecular complexity index is 4600. The van der Waals surface area contributed by atoms with Crippen LogP contribution in [-0.4, -0.2) is 4.57 Å². The third kappa shape index (κ3) is 6.50. The van der Waals surface area contributed by atoms with E-state index in [2.05, 4.69) is 257 Å². The zero-order valence-corrected chi connectivity index (χ0v) is 40.4. The highest BCUT2D eigenvalue weighted by atomic mass is 32.1. The fourth-order valence-corrected chi connectivity index (χ4v) is 13.3. The Labute approximate surface area is 422 Å². The average molecular weight is 956 g/mol. The normalized spacial score (nSPS) is 11.9. The molecule has 0 saturated carbocycles. The van der Waals surface area contributed by atoms with Gasteiger partial charge >= 0.3 is 0 Å². The van der Waals surface area contributed by atoms with Crippen molar-refractivity contribution in [3.63, 3.8) is 0 Å². The molecule has 0 spiro atoms. The van der Waals surface area contributed by atoms with Gasteiger partial charge in [0.2, 0.25) is 0 Å². The monoisotopic (exact) mass is 955 g/mol. The molecule has 4 aromatic heterocycles. The second-order valence-electron chi connectivity index (χ2n) is 18.5. The van der Waals surface area contributed by atoms with Crippen LogP contribution in [0.2, 0.25) is 0 Å². The van der Waals surface area contributed by atoms with Crippen molar-refractivity contribution in [1.29, 1.82) is 0 Å². The van der Waals surface area contributed by atoms with E-state index in [4.69, 9.17) is 4.42 Å². The number of furan rings is 1. The number of rotatable bonds is 8. The van der Waals surface area contributed by atoms with Gasteiger partial charge in [0.25, 0.3) is 0 Å². The number of fused-ring (bicyclic) bond motifs is 12. The van der Waals surface area contributed by atoms with Crippen LogP contribution >= 0.6 is 22.7 Å². The molecule has 6 heteroatoms. The van der Waals surface area contributed by atoms with Crippen molar-refractivity contribution >= 4 is 141 Å². The Balaban J connectivity index is 0.907. The summed E-state index contributed by atoms with van der Waals surface area (Å²) >= 11 is 3.69. The minimum atomic E-state index is 0.847. The number of hydrogen-bond acceptors (Lipinski definition) is 5. The first-order valence-corrected chi connectivity index (χ1v) is 25.9. The summed E-state index contributed by atoms with van der Waals surface area (Å²) < 4.78 is 14.3. The molecule has 0 unspecified atom stereocenters. The van der Waals surface area contributed by atoms with Gasteiger partial charge in [0, 0.05) is 96.0 Å². The van der Waals surface area contributed by atoms with Gasteiger partial charge < -0.3 is 18.8 Å². The number of hydrogen-bond donors (Lipinski definition) is 0.